The Morgan fingerprint density at radius 3 is 2.94 bits per heavy atom. The van der Waals surface area contributed by atoms with Gasteiger partial charge in [0.25, 0.3) is 0 Å². The van der Waals surface area contributed by atoms with Crippen molar-refractivity contribution >= 4 is 5.91 Å². The average molecular weight is 223 g/mol. The first kappa shape index (κ1) is 11.1. The second kappa shape index (κ2) is 4.65. The van der Waals surface area contributed by atoms with Crippen LogP contribution in [-0.2, 0) is 11.3 Å². The molecule has 5 heteroatoms. The van der Waals surface area contributed by atoms with Crippen LogP contribution in [0.25, 0.3) is 0 Å². The van der Waals surface area contributed by atoms with Crippen molar-refractivity contribution in [3.8, 4) is 0 Å². The highest BCUT2D eigenvalue weighted by molar-refractivity contribution is 5.76. The van der Waals surface area contributed by atoms with Crippen LogP contribution in [0.15, 0.2) is 4.42 Å². The van der Waals surface area contributed by atoms with Gasteiger partial charge in [-0.15, -0.1) is 0 Å². The predicted octanol–water partition coefficient (Wildman–Crippen LogP) is 0.660. The maximum atomic E-state index is 11.0. The van der Waals surface area contributed by atoms with Crippen LogP contribution >= 0.6 is 0 Å². The second-order valence-electron chi connectivity index (χ2n) is 4.17. The zero-order valence-corrected chi connectivity index (χ0v) is 9.67. The molecule has 0 spiro atoms. The number of aromatic nitrogens is 1. The molecule has 0 aliphatic carbocycles. The highest BCUT2D eigenvalue weighted by Crippen LogP contribution is 2.09. The Labute approximate surface area is 94.6 Å². The molecule has 88 valence electrons. The minimum atomic E-state index is 0.140. The van der Waals surface area contributed by atoms with Gasteiger partial charge in [-0.3, -0.25) is 4.79 Å². The molecule has 16 heavy (non-hydrogen) atoms. The minimum Gasteiger partial charge on any atom is -0.444 e. The van der Waals surface area contributed by atoms with Gasteiger partial charge in [-0.05, 0) is 20.3 Å². The summed E-state index contributed by atoms with van der Waals surface area (Å²) < 4.78 is 5.47. The fourth-order valence-corrected chi connectivity index (χ4v) is 1.75. The first-order valence-electron chi connectivity index (χ1n) is 5.58. The van der Waals surface area contributed by atoms with Crippen LogP contribution < -0.4 is 10.6 Å². The lowest BCUT2D eigenvalue weighted by Gasteiger charge is -2.22. The number of nitrogens with zero attached hydrogens (tertiary/aromatic N) is 1. The van der Waals surface area contributed by atoms with Gasteiger partial charge in [0, 0.05) is 19.0 Å². The first-order chi connectivity index (χ1) is 7.65. The fraction of sp³-hybridized carbons (Fsp3) is 0.636. The van der Waals surface area contributed by atoms with Crippen LogP contribution in [-0.4, -0.2) is 23.5 Å². The number of oxazole rings is 1. The molecule has 1 saturated heterocycles. The van der Waals surface area contributed by atoms with Gasteiger partial charge in [0.05, 0.1) is 12.2 Å². The number of carbonyl (C=O) groups is 1. The summed E-state index contributed by atoms with van der Waals surface area (Å²) in [6.45, 7) is 5.16. The molecule has 1 amide bonds. The van der Waals surface area contributed by atoms with E-state index in [1.54, 1.807) is 0 Å². The van der Waals surface area contributed by atoms with E-state index in [0.29, 0.717) is 31.4 Å². The van der Waals surface area contributed by atoms with E-state index in [2.05, 4.69) is 15.6 Å². The zero-order valence-electron chi connectivity index (χ0n) is 9.67. The van der Waals surface area contributed by atoms with Crippen LogP contribution in [0.4, 0.5) is 0 Å². The Morgan fingerprint density at radius 2 is 2.38 bits per heavy atom. The maximum absolute atomic E-state index is 11.0. The standard InChI is InChI=1S/C11H17N3O2/c1-7-8(2)16-11(14-7)6-12-9-3-4-10(15)13-5-9/h9,12H,3-6H2,1-2H3,(H,13,15). The second-order valence-corrected chi connectivity index (χ2v) is 4.17. The van der Waals surface area contributed by atoms with Gasteiger partial charge in [-0.25, -0.2) is 4.98 Å². The summed E-state index contributed by atoms with van der Waals surface area (Å²) in [7, 11) is 0. The van der Waals surface area contributed by atoms with Crippen molar-refractivity contribution in [2.75, 3.05) is 6.54 Å². The number of piperidine rings is 1. The largest absolute Gasteiger partial charge is 0.444 e. The van der Waals surface area contributed by atoms with E-state index in [1.807, 2.05) is 13.8 Å². The topological polar surface area (TPSA) is 67.2 Å². The molecule has 1 aromatic heterocycles. The lowest BCUT2D eigenvalue weighted by molar-refractivity contribution is -0.122. The minimum absolute atomic E-state index is 0.140. The Bertz CT molecular complexity index is 357. The molecule has 0 saturated carbocycles. The smallest absolute Gasteiger partial charge is 0.220 e. The molecule has 1 aliphatic rings. The number of hydrogen-bond donors (Lipinski definition) is 2. The van der Waals surface area contributed by atoms with Gasteiger partial charge in [0.1, 0.15) is 5.76 Å². The van der Waals surface area contributed by atoms with E-state index in [-0.39, 0.29) is 5.91 Å². The van der Waals surface area contributed by atoms with Crippen LogP contribution in [0.5, 0.6) is 0 Å². The van der Waals surface area contributed by atoms with Gasteiger partial charge in [0.2, 0.25) is 11.8 Å². The molecule has 0 radical (unpaired) electrons. The number of rotatable bonds is 3. The normalized spacial score (nSPS) is 20.9. The SMILES string of the molecule is Cc1nc(CNC2CCC(=O)NC2)oc1C. The molecule has 1 fully saturated rings. The summed E-state index contributed by atoms with van der Waals surface area (Å²) in [5, 5.41) is 6.16. The third kappa shape index (κ3) is 2.61. The van der Waals surface area contributed by atoms with Crippen LogP contribution in [0.3, 0.4) is 0 Å². The van der Waals surface area contributed by atoms with Gasteiger partial charge >= 0.3 is 0 Å². The summed E-state index contributed by atoms with van der Waals surface area (Å²) in [6, 6.07) is 0.324. The molecular weight excluding hydrogens is 206 g/mol. The molecule has 2 rings (SSSR count). The highest BCUT2D eigenvalue weighted by atomic mass is 16.4. The summed E-state index contributed by atoms with van der Waals surface area (Å²) in [5.74, 6) is 1.72. The monoisotopic (exact) mass is 223 g/mol. The lowest BCUT2D eigenvalue weighted by atomic mass is 10.1. The molecule has 1 aromatic rings. The Kier molecular flexibility index (Phi) is 3.24. The fourth-order valence-electron chi connectivity index (χ4n) is 1.75. The van der Waals surface area contributed by atoms with Gasteiger partial charge in [-0.2, -0.15) is 0 Å². The molecule has 0 bridgehead atoms. The van der Waals surface area contributed by atoms with E-state index < -0.39 is 0 Å². The van der Waals surface area contributed by atoms with Gasteiger partial charge < -0.3 is 15.1 Å². The highest BCUT2D eigenvalue weighted by Gasteiger charge is 2.17. The third-order valence-corrected chi connectivity index (χ3v) is 2.88. The van der Waals surface area contributed by atoms with Crippen molar-refractivity contribution in [1.82, 2.24) is 15.6 Å². The number of amides is 1. The van der Waals surface area contributed by atoms with Crippen molar-refractivity contribution in [2.45, 2.75) is 39.3 Å². The zero-order chi connectivity index (χ0) is 11.5. The van der Waals surface area contributed by atoms with Crippen LogP contribution in [0, 0.1) is 13.8 Å². The summed E-state index contributed by atoms with van der Waals surface area (Å²) >= 11 is 0. The van der Waals surface area contributed by atoms with E-state index in [1.165, 1.54) is 0 Å². The number of carbonyl (C=O) groups excluding carboxylic acids is 1. The number of aryl methyl sites for hydroxylation is 2. The Morgan fingerprint density at radius 1 is 1.56 bits per heavy atom. The lowest BCUT2D eigenvalue weighted by Crippen LogP contribution is -2.45. The van der Waals surface area contributed by atoms with Crippen molar-refractivity contribution < 1.29 is 9.21 Å². The van der Waals surface area contributed by atoms with Crippen molar-refractivity contribution in [3.63, 3.8) is 0 Å². The van der Waals surface area contributed by atoms with Crippen molar-refractivity contribution in [3.05, 3.63) is 17.3 Å². The van der Waals surface area contributed by atoms with Gasteiger partial charge in [0.15, 0.2) is 0 Å². The Hall–Kier alpha value is -1.36. The average Bonchev–Trinajstić information content (AvgIpc) is 2.58. The molecule has 1 aliphatic heterocycles. The van der Waals surface area contributed by atoms with E-state index in [0.717, 1.165) is 17.9 Å². The number of nitrogens with one attached hydrogen (secondary N) is 2. The molecule has 5 nitrogen and oxygen atoms in total. The molecule has 0 aromatic carbocycles. The molecule has 2 N–H and O–H groups in total. The quantitative estimate of drug-likeness (QED) is 0.790. The maximum Gasteiger partial charge on any atom is 0.220 e. The van der Waals surface area contributed by atoms with E-state index in [4.69, 9.17) is 4.42 Å². The third-order valence-electron chi connectivity index (χ3n) is 2.88. The molecular formula is C11H17N3O2. The predicted molar refractivity (Wildman–Crippen MR) is 58.8 cm³/mol. The summed E-state index contributed by atoms with van der Waals surface area (Å²) in [6.07, 6.45) is 1.48. The van der Waals surface area contributed by atoms with Crippen molar-refractivity contribution in [2.24, 2.45) is 0 Å². The first-order valence-corrected chi connectivity index (χ1v) is 5.58. The number of hydrogen-bond acceptors (Lipinski definition) is 4. The molecule has 1 atom stereocenters. The molecule has 1 unspecified atom stereocenters. The summed E-state index contributed by atoms with van der Waals surface area (Å²) in [5.41, 5.74) is 0.939. The van der Waals surface area contributed by atoms with E-state index >= 15 is 0 Å². The van der Waals surface area contributed by atoms with Crippen molar-refractivity contribution in [1.29, 1.82) is 0 Å². The van der Waals surface area contributed by atoms with E-state index in [9.17, 15) is 4.79 Å². The summed E-state index contributed by atoms with van der Waals surface area (Å²) in [4.78, 5) is 15.3. The van der Waals surface area contributed by atoms with Gasteiger partial charge in [-0.1, -0.05) is 0 Å². The Balaban J connectivity index is 1.81. The van der Waals surface area contributed by atoms with Crippen LogP contribution in [0.2, 0.25) is 0 Å². The van der Waals surface area contributed by atoms with Crippen LogP contribution in [0.1, 0.15) is 30.2 Å². The molecule has 2 heterocycles.